The molecule has 0 radical (unpaired) electrons. The van der Waals surface area contributed by atoms with E-state index in [2.05, 4.69) is 6.92 Å². The van der Waals surface area contributed by atoms with Crippen molar-refractivity contribution in [3.8, 4) is 5.75 Å². The molecule has 4 heteroatoms. The second-order valence-corrected chi connectivity index (χ2v) is 5.64. The lowest BCUT2D eigenvalue weighted by atomic mass is 10.1. The topological polar surface area (TPSA) is 42.1 Å². The molecule has 1 amide bonds. The Bertz CT molecular complexity index is 680. The molecule has 23 heavy (non-hydrogen) atoms. The molecule has 1 aliphatic heterocycles. The van der Waals surface area contributed by atoms with Gasteiger partial charge in [-0.05, 0) is 36.2 Å². The van der Waals surface area contributed by atoms with Crippen LogP contribution < -0.4 is 9.64 Å². The molecule has 0 saturated carbocycles. The molecule has 2 aromatic rings. The maximum atomic E-state index is 12.7. The van der Waals surface area contributed by atoms with E-state index in [-0.39, 0.29) is 12.0 Å². The SMILES string of the molecule is CCc1ccc(C(=O)N(C)c2ccccc2)cc1OCC1CO1. The van der Waals surface area contributed by atoms with Crippen molar-refractivity contribution in [1.29, 1.82) is 0 Å². The summed E-state index contributed by atoms with van der Waals surface area (Å²) in [6.07, 6.45) is 1.06. The molecule has 120 valence electrons. The largest absolute Gasteiger partial charge is 0.490 e. The minimum atomic E-state index is -0.0497. The molecular formula is C19H21NO3. The highest BCUT2D eigenvalue weighted by molar-refractivity contribution is 6.06. The number of rotatable bonds is 6. The smallest absolute Gasteiger partial charge is 0.258 e. The number of hydrogen-bond acceptors (Lipinski definition) is 3. The van der Waals surface area contributed by atoms with Gasteiger partial charge in [0.15, 0.2) is 0 Å². The second-order valence-electron chi connectivity index (χ2n) is 5.64. The molecule has 4 nitrogen and oxygen atoms in total. The van der Waals surface area contributed by atoms with Gasteiger partial charge in [0.2, 0.25) is 0 Å². The highest BCUT2D eigenvalue weighted by Crippen LogP contribution is 2.24. The van der Waals surface area contributed by atoms with Crippen LogP contribution in [0.3, 0.4) is 0 Å². The summed E-state index contributed by atoms with van der Waals surface area (Å²) < 4.78 is 11.0. The summed E-state index contributed by atoms with van der Waals surface area (Å²) in [6, 6.07) is 15.3. The molecule has 0 N–H and O–H groups in total. The summed E-state index contributed by atoms with van der Waals surface area (Å²) in [5.74, 6) is 0.724. The number of aryl methyl sites for hydroxylation is 1. The van der Waals surface area contributed by atoms with Crippen molar-refractivity contribution in [2.24, 2.45) is 0 Å². The Labute approximate surface area is 136 Å². The van der Waals surface area contributed by atoms with Crippen LogP contribution in [0.15, 0.2) is 48.5 Å². The van der Waals surface area contributed by atoms with Crippen molar-refractivity contribution >= 4 is 11.6 Å². The zero-order valence-electron chi connectivity index (χ0n) is 13.5. The monoisotopic (exact) mass is 311 g/mol. The number of hydrogen-bond donors (Lipinski definition) is 0. The molecule has 0 aromatic heterocycles. The standard InChI is InChI=1S/C19H21NO3/c1-3-14-9-10-15(11-18(14)23-13-17-12-22-17)19(21)20(2)16-7-5-4-6-8-16/h4-11,17H,3,12-13H2,1-2H3. The molecule has 1 atom stereocenters. The Balaban J connectivity index is 1.80. The van der Waals surface area contributed by atoms with Gasteiger partial charge in [-0.3, -0.25) is 4.79 Å². The first-order valence-corrected chi connectivity index (χ1v) is 7.89. The van der Waals surface area contributed by atoms with Crippen LogP contribution in [0.4, 0.5) is 5.69 Å². The Morgan fingerprint density at radius 1 is 1.26 bits per heavy atom. The Hall–Kier alpha value is -2.33. The van der Waals surface area contributed by atoms with E-state index in [1.54, 1.807) is 11.9 Å². The molecule has 0 bridgehead atoms. The number of para-hydroxylation sites is 1. The number of nitrogens with zero attached hydrogens (tertiary/aromatic N) is 1. The van der Waals surface area contributed by atoms with Gasteiger partial charge in [0.25, 0.3) is 5.91 Å². The molecule has 1 heterocycles. The molecule has 0 spiro atoms. The van der Waals surface area contributed by atoms with Crippen LogP contribution >= 0.6 is 0 Å². The maximum absolute atomic E-state index is 12.7. The van der Waals surface area contributed by atoms with E-state index in [1.165, 1.54) is 0 Å². The third-order valence-electron chi connectivity index (χ3n) is 3.97. The molecule has 3 rings (SSSR count). The van der Waals surface area contributed by atoms with E-state index in [4.69, 9.17) is 9.47 Å². The molecular weight excluding hydrogens is 290 g/mol. The van der Waals surface area contributed by atoms with Crippen molar-refractivity contribution in [2.75, 3.05) is 25.2 Å². The van der Waals surface area contributed by atoms with Crippen molar-refractivity contribution < 1.29 is 14.3 Å². The van der Waals surface area contributed by atoms with Gasteiger partial charge in [0, 0.05) is 18.3 Å². The van der Waals surface area contributed by atoms with Gasteiger partial charge < -0.3 is 14.4 Å². The Kier molecular flexibility index (Phi) is 4.63. The van der Waals surface area contributed by atoms with Crippen LogP contribution in [0.2, 0.25) is 0 Å². The predicted molar refractivity (Wildman–Crippen MR) is 90.2 cm³/mol. The lowest BCUT2D eigenvalue weighted by Gasteiger charge is -2.18. The van der Waals surface area contributed by atoms with E-state index in [0.29, 0.717) is 12.2 Å². The normalized spacial score (nSPS) is 16.0. The van der Waals surface area contributed by atoms with Crippen LogP contribution in [0.5, 0.6) is 5.75 Å². The van der Waals surface area contributed by atoms with Crippen LogP contribution in [0.1, 0.15) is 22.8 Å². The zero-order valence-corrected chi connectivity index (χ0v) is 13.5. The minimum Gasteiger partial charge on any atom is -0.490 e. The van der Waals surface area contributed by atoms with Crippen molar-refractivity contribution in [1.82, 2.24) is 0 Å². The number of amides is 1. The number of anilines is 1. The van der Waals surface area contributed by atoms with Crippen LogP contribution in [0.25, 0.3) is 0 Å². The molecule has 2 aromatic carbocycles. The van der Waals surface area contributed by atoms with Gasteiger partial charge in [-0.15, -0.1) is 0 Å². The third-order valence-corrected chi connectivity index (χ3v) is 3.97. The maximum Gasteiger partial charge on any atom is 0.258 e. The summed E-state index contributed by atoms with van der Waals surface area (Å²) in [7, 11) is 1.78. The van der Waals surface area contributed by atoms with E-state index in [1.807, 2.05) is 48.5 Å². The highest BCUT2D eigenvalue weighted by atomic mass is 16.6. The summed E-state index contributed by atoms with van der Waals surface area (Å²) >= 11 is 0. The quantitative estimate of drug-likeness (QED) is 0.769. The van der Waals surface area contributed by atoms with Crippen LogP contribution in [0, 0.1) is 0 Å². The van der Waals surface area contributed by atoms with Crippen LogP contribution in [-0.2, 0) is 11.2 Å². The minimum absolute atomic E-state index is 0.0497. The number of carbonyl (C=O) groups excluding carboxylic acids is 1. The molecule has 1 saturated heterocycles. The fraction of sp³-hybridized carbons (Fsp3) is 0.316. The van der Waals surface area contributed by atoms with E-state index >= 15 is 0 Å². The number of epoxide rings is 1. The van der Waals surface area contributed by atoms with Crippen molar-refractivity contribution in [3.63, 3.8) is 0 Å². The fourth-order valence-electron chi connectivity index (χ4n) is 2.42. The van der Waals surface area contributed by atoms with Crippen molar-refractivity contribution in [3.05, 3.63) is 59.7 Å². The second kappa shape index (κ2) is 6.84. The molecule has 1 aliphatic rings. The summed E-state index contributed by atoms with van der Waals surface area (Å²) in [6.45, 7) is 3.38. The number of carbonyl (C=O) groups is 1. The van der Waals surface area contributed by atoms with Gasteiger partial charge in [0.1, 0.15) is 18.5 Å². The molecule has 0 aliphatic carbocycles. The van der Waals surface area contributed by atoms with Crippen molar-refractivity contribution in [2.45, 2.75) is 19.4 Å². The average molecular weight is 311 g/mol. The van der Waals surface area contributed by atoms with Gasteiger partial charge in [-0.25, -0.2) is 0 Å². The number of benzene rings is 2. The summed E-state index contributed by atoms with van der Waals surface area (Å²) in [5, 5.41) is 0. The summed E-state index contributed by atoms with van der Waals surface area (Å²) in [4.78, 5) is 14.3. The fourth-order valence-corrected chi connectivity index (χ4v) is 2.42. The first-order valence-electron chi connectivity index (χ1n) is 7.89. The first kappa shape index (κ1) is 15.6. The first-order chi connectivity index (χ1) is 11.2. The number of ether oxygens (including phenoxy) is 2. The summed E-state index contributed by atoms with van der Waals surface area (Å²) in [5.41, 5.74) is 2.59. The highest BCUT2D eigenvalue weighted by Gasteiger charge is 2.24. The van der Waals surface area contributed by atoms with E-state index in [0.717, 1.165) is 30.0 Å². The zero-order chi connectivity index (χ0) is 16.2. The third kappa shape index (κ3) is 3.71. The van der Waals surface area contributed by atoms with Gasteiger partial charge in [-0.2, -0.15) is 0 Å². The molecule has 1 unspecified atom stereocenters. The van der Waals surface area contributed by atoms with Gasteiger partial charge >= 0.3 is 0 Å². The predicted octanol–water partition coefficient (Wildman–Crippen LogP) is 3.30. The van der Waals surface area contributed by atoms with Gasteiger partial charge in [0.05, 0.1) is 6.61 Å². The Morgan fingerprint density at radius 3 is 2.65 bits per heavy atom. The lowest BCUT2D eigenvalue weighted by Crippen LogP contribution is -2.26. The van der Waals surface area contributed by atoms with Gasteiger partial charge in [-0.1, -0.05) is 31.2 Å². The molecule has 1 fully saturated rings. The lowest BCUT2D eigenvalue weighted by molar-refractivity contribution is 0.0992. The van der Waals surface area contributed by atoms with Crippen LogP contribution in [-0.4, -0.2) is 32.3 Å². The van der Waals surface area contributed by atoms with E-state index < -0.39 is 0 Å². The Morgan fingerprint density at radius 2 is 2.00 bits per heavy atom. The average Bonchev–Trinajstić information content (AvgIpc) is 3.43. The van der Waals surface area contributed by atoms with E-state index in [9.17, 15) is 4.79 Å².